The zero-order valence-electron chi connectivity index (χ0n) is 45.4. The number of hydrogen-bond donors (Lipinski definition) is 1. The van der Waals surface area contributed by atoms with Crippen molar-refractivity contribution in [1.82, 2.24) is 0 Å². The number of hydrogen-bond acceptors (Lipinski definition) is 5. The standard InChI is InChI=1S/C63H114O5/c1-3-5-7-9-11-13-15-17-18-19-20-21-22-23-24-25-26-27-28-29-30-31-32-33-34-35-36-37-38-39-40-41-42-43-44-46-47-49-51-53-55-57-62(65)67-60-61(59-64)68-63(66)58-56-54-52-50-48-45-16-14-12-10-8-6-4-2/h6,8,12,14,19-20,45,48,52,54,61,64H,3-5,7,9-11,13,15-18,21-44,46-47,49-51,53,55-60H2,1-2H3/b8-6-,14-12-,20-19-,48-45-,54-52-. The summed E-state index contributed by atoms with van der Waals surface area (Å²) in [6.07, 6.45) is 79.8. The van der Waals surface area contributed by atoms with Crippen LogP contribution < -0.4 is 0 Å². The molecule has 0 aliphatic rings. The molecule has 5 heteroatoms. The highest BCUT2D eigenvalue weighted by molar-refractivity contribution is 5.70. The van der Waals surface area contributed by atoms with Gasteiger partial charge in [0.2, 0.25) is 0 Å². The first-order valence-corrected chi connectivity index (χ1v) is 29.8. The second kappa shape index (κ2) is 58.9. The molecule has 1 N–H and O–H groups in total. The molecule has 0 aromatic rings. The number of unbranched alkanes of at least 4 members (excludes halogenated alkanes) is 37. The van der Waals surface area contributed by atoms with Crippen molar-refractivity contribution in [1.29, 1.82) is 0 Å². The largest absolute Gasteiger partial charge is 0.462 e. The van der Waals surface area contributed by atoms with Crippen molar-refractivity contribution in [2.75, 3.05) is 13.2 Å². The summed E-state index contributed by atoms with van der Waals surface area (Å²) < 4.78 is 10.6. The van der Waals surface area contributed by atoms with Crippen LogP contribution in [0.3, 0.4) is 0 Å². The van der Waals surface area contributed by atoms with Crippen molar-refractivity contribution < 1.29 is 24.2 Å². The number of aliphatic hydroxyl groups is 1. The zero-order chi connectivity index (χ0) is 49.2. The van der Waals surface area contributed by atoms with E-state index in [2.05, 4.69) is 62.5 Å². The monoisotopic (exact) mass is 951 g/mol. The molecule has 0 aliphatic heterocycles. The topological polar surface area (TPSA) is 72.8 Å². The van der Waals surface area contributed by atoms with E-state index in [-0.39, 0.29) is 31.6 Å². The lowest BCUT2D eigenvalue weighted by molar-refractivity contribution is -0.161. The Morgan fingerprint density at radius 2 is 0.662 bits per heavy atom. The molecule has 0 heterocycles. The van der Waals surface area contributed by atoms with E-state index >= 15 is 0 Å². The summed E-state index contributed by atoms with van der Waals surface area (Å²) in [7, 11) is 0. The lowest BCUT2D eigenvalue weighted by atomic mass is 10.0. The van der Waals surface area contributed by atoms with Crippen molar-refractivity contribution in [3.63, 3.8) is 0 Å². The Balaban J connectivity index is 3.36. The Hall–Kier alpha value is -2.40. The highest BCUT2D eigenvalue weighted by Gasteiger charge is 2.16. The van der Waals surface area contributed by atoms with Gasteiger partial charge in [0, 0.05) is 12.8 Å². The summed E-state index contributed by atoms with van der Waals surface area (Å²) in [6, 6.07) is 0. The van der Waals surface area contributed by atoms with Gasteiger partial charge in [-0.1, -0.05) is 293 Å². The van der Waals surface area contributed by atoms with E-state index in [0.29, 0.717) is 12.8 Å². The van der Waals surface area contributed by atoms with Crippen LogP contribution in [0, 0.1) is 0 Å². The van der Waals surface area contributed by atoms with E-state index < -0.39 is 6.10 Å². The van der Waals surface area contributed by atoms with Gasteiger partial charge in [0.05, 0.1) is 6.61 Å². The fourth-order valence-electron chi connectivity index (χ4n) is 8.86. The molecule has 0 saturated heterocycles. The highest BCUT2D eigenvalue weighted by Crippen LogP contribution is 2.18. The molecule has 396 valence electrons. The first-order valence-electron chi connectivity index (χ1n) is 29.8. The fraction of sp³-hybridized carbons (Fsp3) is 0.810. The highest BCUT2D eigenvalue weighted by atomic mass is 16.6. The Bertz CT molecular complexity index is 1170. The predicted octanol–water partition coefficient (Wildman–Crippen LogP) is 20.2. The van der Waals surface area contributed by atoms with Gasteiger partial charge in [0.15, 0.2) is 6.10 Å². The molecule has 0 rings (SSSR count). The van der Waals surface area contributed by atoms with E-state index in [1.165, 1.54) is 231 Å². The summed E-state index contributed by atoms with van der Waals surface area (Å²) in [5.41, 5.74) is 0. The van der Waals surface area contributed by atoms with Gasteiger partial charge < -0.3 is 14.6 Å². The van der Waals surface area contributed by atoms with Gasteiger partial charge in [0.25, 0.3) is 0 Å². The van der Waals surface area contributed by atoms with Crippen molar-refractivity contribution >= 4 is 11.9 Å². The van der Waals surface area contributed by atoms with E-state index in [0.717, 1.165) is 44.9 Å². The Labute approximate surface area is 423 Å². The summed E-state index contributed by atoms with van der Waals surface area (Å²) in [4.78, 5) is 24.4. The average molecular weight is 952 g/mol. The number of allylic oxidation sites excluding steroid dienone is 10. The summed E-state index contributed by atoms with van der Waals surface area (Å²) in [5.74, 6) is -0.677. The molecular weight excluding hydrogens is 837 g/mol. The first-order chi connectivity index (χ1) is 33.6. The molecule has 5 nitrogen and oxygen atoms in total. The Morgan fingerprint density at radius 1 is 0.353 bits per heavy atom. The number of rotatable bonds is 55. The summed E-state index contributed by atoms with van der Waals surface area (Å²) in [5, 5.41) is 9.59. The van der Waals surface area contributed by atoms with Crippen LogP contribution in [0.15, 0.2) is 60.8 Å². The Morgan fingerprint density at radius 3 is 1.01 bits per heavy atom. The van der Waals surface area contributed by atoms with Gasteiger partial charge in [0.1, 0.15) is 6.61 Å². The molecule has 0 radical (unpaired) electrons. The van der Waals surface area contributed by atoms with Gasteiger partial charge >= 0.3 is 11.9 Å². The maximum Gasteiger partial charge on any atom is 0.306 e. The minimum atomic E-state index is -0.810. The molecule has 0 amide bonds. The smallest absolute Gasteiger partial charge is 0.306 e. The van der Waals surface area contributed by atoms with Crippen LogP contribution in [0.4, 0.5) is 0 Å². The van der Waals surface area contributed by atoms with Crippen molar-refractivity contribution in [2.45, 2.75) is 315 Å². The third-order valence-corrected chi connectivity index (χ3v) is 13.3. The van der Waals surface area contributed by atoms with Crippen molar-refractivity contribution in [3.05, 3.63) is 60.8 Å². The van der Waals surface area contributed by atoms with Crippen LogP contribution in [0.5, 0.6) is 0 Å². The predicted molar refractivity (Wildman–Crippen MR) is 297 cm³/mol. The maximum atomic E-state index is 12.2. The minimum Gasteiger partial charge on any atom is -0.462 e. The van der Waals surface area contributed by atoms with E-state index in [1.807, 2.05) is 12.2 Å². The quantitative estimate of drug-likeness (QED) is 0.0374. The molecule has 1 atom stereocenters. The summed E-state index contributed by atoms with van der Waals surface area (Å²) in [6.45, 7) is 3.98. The van der Waals surface area contributed by atoms with Crippen LogP contribution in [0.1, 0.15) is 309 Å². The lowest BCUT2D eigenvalue weighted by Gasteiger charge is -2.15. The summed E-state index contributed by atoms with van der Waals surface area (Å²) >= 11 is 0. The zero-order valence-corrected chi connectivity index (χ0v) is 45.4. The average Bonchev–Trinajstić information content (AvgIpc) is 3.34. The third kappa shape index (κ3) is 56.2. The Kier molecular flexibility index (Phi) is 56.8. The van der Waals surface area contributed by atoms with Crippen LogP contribution in [0.2, 0.25) is 0 Å². The second-order valence-corrected chi connectivity index (χ2v) is 20.0. The molecule has 0 aromatic carbocycles. The lowest BCUT2D eigenvalue weighted by Crippen LogP contribution is -2.28. The maximum absolute atomic E-state index is 12.2. The van der Waals surface area contributed by atoms with Crippen LogP contribution in [0.25, 0.3) is 0 Å². The number of carbonyl (C=O) groups is 2. The van der Waals surface area contributed by atoms with Gasteiger partial charge in [-0.05, 0) is 64.2 Å². The van der Waals surface area contributed by atoms with Gasteiger partial charge in [-0.15, -0.1) is 0 Å². The number of carbonyl (C=O) groups excluding carboxylic acids is 2. The number of aliphatic hydroxyl groups excluding tert-OH is 1. The molecule has 68 heavy (non-hydrogen) atoms. The molecule has 0 aliphatic carbocycles. The van der Waals surface area contributed by atoms with Crippen molar-refractivity contribution in [2.24, 2.45) is 0 Å². The third-order valence-electron chi connectivity index (χ3n) is 13.3. The SMILES string of the molecule is CC/C=C\C/C=C\C/C=C\C/C=C\CCC(=O)OC(CO)COC(=O)CCCCCCCCCCCCCCCCCCCCCCCCCCCCCCC/C=C\CCCCCCCCCC. The van der Waals surface area contributed by atoms with Crippen molar-refractivity contribution in [3.8, 4) is 0 Å². The fourth-order valence-corrected chi connectivity index (χ4v) is 8.86. The molecule has 0 saturated carbocycles. The normalized spacial score (nSPS) is 12.6. The molecule has 0 fully saturated rings. The van der Waals surface area contributed by atoms with Crippen LogP contribution >= 0.6 is 0 Å². The first kappa shape index (κ1) is 65.6. The molecular formula is C63H114O5. The molecule has 1 unspecified atom stereocenters. The van der Waals surface area contributed by atoms with E-state index in [1.54, 1.807) is 0 Å². The van der Waals surface area contributed by atoms with E-state index in [9.17, 15) is 14.7 Å². The number of esters is 2. The van der Waals surface area contributed by atoms with Gasteiger partial charge in [-0.25, -0.2) is 0 Å². The second-order valence-electron chi connectivity index (χ2n) is 20.0. The van der Waals surface area contributed by atoms with E-state index in [4.69, 9.17) is 9.47 Å². The molecule has 0 aromatic heterocycles. The molecule has 0 bridgehead atoms. The van der Waals surface area contributed by atoms with Crippen LogP contribution in [-0.2, 0) is 19.1 Å². The van der Waals surface area contributed by atoms with Gasteiger partial charge in [-0.2, -0.15) is 0 Å². The van der Waals surface area contributed by atoms with Crippen LogP contribution in [-0.4, -0.2) is 36.4 Å². The minimum absolute atomic E-state index is 0.0932. The molecule has 0 spiro atoms. The van der Waals surface area contributed by atoms with Gasteiger partial charge in [-0.3, -0.25) is 9.59 Å². The number of ether oxygens (including phenoxy) is 2.